The second-order valence-corrected chi connectivity index (χ2v) is 6.63. The molecular formula is C15H17BrN2O2. The monoisotopic (exact) mass is 336 g/mol. The van der Waals surface area contributed by atoms with Crippen molar-refractivity contribution in [3.05, 3.63) is 27.7 Å². The minimum absolute atomic E-state index is 0.0540. The highest BCUT2D eigenvalue weighted by Crippen LogP contribution is 2.49. The van der Waals surface area contributed by atoms with E-state index in [0.29, 0.717) is 19.0 Å². The number of amides is 1. The maximum Gasteiger partial charge on any atom is 0.240 e. The van der Waals surface area contributed by atoms with Crippen LogP contribution in [0.15, 0.2) is 16.6 Å². The standard InChI is InChI=1S/C15H17BrN2O2/c1-9(2)12-10(16)3-4-11-13(12)15(7-17-8-15)14(20)18(11)5-6-19/h3-4,6,9,17H,5,7-8H2,1-2H3. The Kier molecular flexibility index (Phi) is 3.21. The third-order valence-electron chi connectivity index (χ3n) is 4.28. The van der Waals surface area contributed by atoms with Crippen LogP contribution in [0.2, 0.25) is 0 Å². The van der Waals surface area contributed by atoms with Crippen LogP contribution in [-0.4, -0.2) is 31.8 Å². The SMILES string of the molecule is CC(C)c1c(Br)ccc2c1C1(CNC1)C(=O)N2CC=O. The van der Waals surface area contributed by atoms with Crippen LogP contribution in [0.1, 0.15) is 30.9 Å². The van der Waals surface area contributed by atoms with Crippen molar-refractivity contribution in [3.63, 3.8) is 0 Å². The average molecular weight is 337 g/mol. The van der Waals surface area contributed by atoms with Gasteiger partial charge in [0, 0.05) is 23.2 Å². The molecule has 0 bridgehead atoms. The largest absolute Gasteiger partial charge is 0.314 e. The molecule has 2 heterocycles. The normalized spacial score (nSPS) is 19.4. The van der Waals surface area contributed by atoms with Crippen molar-refractivity contribution in [1.29, 1.82) is 0 Å². The van der Waals surface area contributed by atoms with Crippen LogP contribution in [-0.2, 0) is 15.0 Å². The molecule has 0 atom stereocenters. The first-order valence-corrected chi connectivity index (χ1v) is 7.61. The van der Waals surface area contributed by atoms with Gasteiger partial charge in [0.2, 0.25) is 5.91 Å². The third-order valence-corrected chi connectivity index (χ3v) is 4.97. The van der Waals surface area contributed by atoms with Crippen molar-refractivity contribution in [2.75, 3.05) is 24.5 Å². The molecule has 1 aromatic rings. The average Bonchev–Trinajstić information content (AvgIpc) is 2.58. The first kappa shape index (κ1) is 13.8. The molecule has 0 saturated carbocycles. The molecule has 2 aliphatic rings. The quantitative estimate of drug-likeness (QED) is 0.858. The van der Waals surface area contributed by atoms with Crippen molar-refractivity contribution in [2.24, 2.45) is 0 Å². The highest BCUT2D eigenvalue weighted by Gasteiger charge is 2.56. The van der Waals surface area contributed by atoms with Crippen molar-refractivity contribution < 1.29 is 9.59 Å². The zero-order valence-electron chi connectivity index (χ0n) is 11.6. The molecule has 0 radical (unpaired) electrons. The van der Waals surface area contributed by atoms with Crippen LogP contribution in [0.5, 0.6) is 0 Å². The van der Waals surface area contributed by atoms with Gasteiger partial charge in [-0.2, -0.15) is 0 Å². The lowest BCUT2D eigenvalue weighted by Gasteiger charge is -2.39. The van der Waals surface area contributed by atoms with E-state index in [2.05, 4.69) is 35.1 Å². The molecule has 0 aromatic heterocycles. The topological polar surface area (TPSA) is 49.4 Å². The van der Waals surface area contributed by atoms with Gasteiger partial charge in [-0.05, 0) is 29.2 Å². The summed E-state index contributed by atoms with van der Waals surface area (Å²) >= 11 is 3.61. The molecule has 1 amide bonds. The highest BCUT2D eigenvalue weighted by atomic mass is 79.9. The van der Waals surface area contributed by atoms with Crippen LogP contribution in [0.25, 0.3) is 0 Å². The van der Waals surface area contributed by atoms with Gasteiger partial charge in [-0.15, -0.1) is 0 Å². The van der Waals surface area contributed by atoms with Crippen molar-refractivity contribution in [2.45, 2.75) is 25.2 Å². The molecule has 1 N–H and O–H groups in total. The lowest BCUT2D eigenvalue weighted by Crippen LogP contribution is -2.62. The maximum absolute atomic E-state index is 12.8. The van der Waals surface area contributed by atoms with Gasteiger partial charge in [-0.3, -0.25) is 4.79 Å². The molecular weight excluding hydrogens is 320 g/mol. The molecule has 1 saturated heterocycles. The molecule has 3 rings (SSSR count). The van der Waals surface area contributed by atoms with E-state index in [9.17, 15) is 9.59 Å². The van der Waals surface area contributed by atoms with Gasteiger partial charge in [-0.25, -0.2) is 0 Å². The lowest BCUT2D eigenvalue weighted by molar-refractivity contribution is -0.125. The summed E-state index contributed by atoms with van der Waals surface area (Å²) in [6.45, 7) is 5.71. The number of benzene rings is 1. The summed E-state index contributed by atoms with van der Waals surface area (Å²) in [4.78, 5) is 25.3. The summed E-state index contributed by atoms with van der Waals surface area (Å²) in [7, 11) is 0. The van der Waals surface area contributed by atoms with Crippen LogP contribution < -0.4 is 10.2 Å². The van der Waals surface area contributed by atoms with Crippen molar-refractivity contribution in [1.82, 2.24) is 5.32 Å². The molecule has 1 spiro atoms. The van der Waals surface area contributed by atoms with E-state index in [0.717, 1.165) is 22.0 Å². The molecule has 4 nitrogen and oxygen atoms in total. The fraction of sp³-hybridized carbons (Fsp3) is 0.467. The van der Waals surface area contributed by atoms with Gasteiger partial charge < -0.3 is 15.0 Å². The molecule has 0 unspecified atom stereocenters. The number of nitrogens with zero attached hydrogens (tertiary/aromatic N) is 1. The number of rotatable bonds is 3. The number of nitrogens with one attached hydrogen (secondary N) is 1. The number of hydrogen-bond acceptors (Lipinski definition) is 3. The van der Waals surface area contributed by atoms with Gasteiger partial charge in [0.1, 0.15) is 11.7 Å². The molecule has 1 fully saturated rings. The first-order chi connectivity index (χ1) is 9.53. The second kappa shape index (κ2) is 4.67. The lowest BCUT2D eigenvalue weighted by atomic mass is 9.73. The Bertz CT molecular complexity index is 594. The summed E-state index contributed by atoms with van der Waals surface area (Å²) in [5, 5.41) is 3.21. The highest BCUT2D eigenvalue weighted by molar-refractivity contribution is 9.10. The van der Waals surface area contributed by atoms with Gasteiger partial charge in [-0.1, -0.05) is 29.8 Å². The smallest absolute Gasteiger partial charge is 0.240 e. The Morgan fingerprint density at radius 2 is 2.15 bits per heavy atom. The zero-order chi connectivity index (χ0) is 14.5. The third kappa shape index (κ3) is 1.63. The van der Waals surface area contributed by atoms with Crippen LogP contribution in [0.3, 0.4) is 0 Å². The van der Waals surface area contributed by atoms with E-state index in [4.69, 9.17) is 0 Å². The molecule has 2 aliphatic heterocycles. The number of carbonyl (C=O) groups is 2. The summed E-state index contributed by atoms with van der Waals surface area (Å²) in [5.74, 6) is 0.374. The van der Waals surface area contributed by atoms with E-state index in [-0.39, 0.29) is 12.5 Å². The van der Waals surface area contributed by atoms with Crippen LogP contribution >= 0.6 is 15.9 Å². The summed E-state index contributed by atoms with van der Waals surface area (Å²) in [6.07, 6.45) is 0.796. The van der Waals surface area contributed by atoms with E-state index in [1.165, 1.54) is 5.56 Å². The Hall–Kier alpha value is -1.20. The predicted molar refractivity (Wildman–Crippen MR) is 81.2 cm³/mol. The minimum Gasteiger partial charge on any atom is -0.314 e. The molecule has 1 aromatic carbocycles. The Morgan fingerprint density at radius 3 is 2.65 bits per heavy atom. The fourth-order valence-corrected chi connectivity index (χ4v) is 4.10. The molecule has 20 heavy (non-hydrogen) atoms. The maximum atomic E-state index is 12.8. The second-order valence-electron chi connectivity index (χ2n) is 5.78. The molecule has 0 aliphatic carbocycles. The van der Waals surface area contributed by atoms with Crippen molar-refractivity contribution in [3.8, 4) is 0 Å². The summed E-state index contributed by atoms with van der Waals surface area (Å²) in [5.41, 5.74) is 2.72. The van der Waals surface area contributed by atoms with Gasteiger partial charge in [0.15, 0.2) is 0 Å². The number of halogens is 1. The van der Waals surface area contributed by atoms with Gasteiger partial charge in [0.25, 0.3) is 0 Å². The van der Waals surface area contributed by atoms with Gasteiger partial charge >= 0.3 is 0 Å². The summed E-state index contributed by atoms with van der Waals surface area (Å²) < 4.78 is 1.04. The number of aldehydes is 1. The molecule has 5 heteroatoms. The number of fused-ring (bicyclic) bond motifs is 2. The van der Waals surface area contributed by atoms with Crippen LogP contribution in [0.4, 0.5) is 5.69 Å². The van der Waals surface area contributed by atoms with E-state index >= 15 is 0 Å². The Balaban J connectivity index is 2.26. The van der Waals surface area contributed by atoms with Crippen LogP contribution in [0, 0.1) is 0 Å². The minimum atomic E-state index is -0.471. The Labute approximate surface area is 126 Å². The van der Waals surface area contributed by atoms with E-state index in [1.54, 1.807) is 4.90 Å². The van der Waals surface area contributed by atoms with Gasteiger partial charge in [0.05, 0.1) is 6.54 Å². The zero-order valence-corrected chi connectivity index (χ0v) is 13.2. The van der Waals surface area contributed by atoms with Crippen molar-refractivity contribution >= 4 is 33.8 Å². The number of anilines is 1. The van der Waals surface area contributed by atoms with E-state index < -0.39 is 5.41 Å². The predicted octanol–water partition coefficient (Wildman–Crippen LogP) is 1.96. The fourth-order valence-electron chi connectivity index (χ4n) is 3.31. The Morgan fingerprint density at radius 1 is 1.45 bits per heavy atom. The summed E-state index contributed by atoms with van der Waals surface area (Å²) in [6, 6.07) is 3.92. The number of carbonyl (C=O) groups excluding carboxylic acids is 2. The number of hydrogen-bond donors (Lipinski definition) is 1. The first-order valence-electron chi connectivity index (χ1n) is 6.82. The van der Waals surface area contributed by atoms with E-state index in [1.807, 2.05) is 12.1 Å². The molecule has 106 valence electrons.